The molecule has 4 rings (SSSR count). The fraction of sp³-hybridized carbons (Fsp3) is 0. The summed E-state index contributed by atoms with van der Waals surface area (Å²) in [6, 6.07) is 18.7. The highest BCUT2D eigenvalue weighted by Gasteiger charge is 2.10. The Bertz CT molecular complexity index is 1040. The summed E-state index contributed by atoms with van der Waals surface area (Å²) in [5, 5.41) is 9.02. The van der Waals surface area contributed by atoms with Crippen LogP contribution in [0.5, 0.6) is 0 Å². The third-order valence-corrected chi connectivity index (χ3v) is 4.87. The number of halogens is 1. The number of hydrogen-bond acceptors (Lipinski definition) is 3. The maximum absolute atomic E-state index is 12.1. The summed E-state index contributed by atoms with van der Waals surface area (Å²) in [6.45, 7) is 0. The van der Waals surface area contributed by atoms with Gasteiger partial charge in [0.1, 0.15) is 0 Å². The molecule has 1 aromatic heterocycles. The zero-order valence-corrected chi connectivity index (χ0v) is 14.0. The maximum atomic E-state index is 12.1. The standard InChI is InChI=1S/C18H12ClN3OS/c19-12-6-8-13(9-7-12)20-17(23)22-18-21-15-10-5-11-3-1-2-4-14(11)16(15)24-18/h1-10H,(H2,20,21,22,23). The van der Waals surface area contributed by atoms with E-state index in [0.717, 1.165) is 21.0 Å². The minimum atomic E-state index is -0.333. The number of carbonyl (C=O) groups is 1. The second-order valence-corrected chi connectivity index (χ2v) is 6.68. The molecule has 3 aromatic carbocycles. The molecule has 4 aromatic rings. The number of fused-ring (bicyclic) bond motifs is 3. The molecule has 0 aliphatic rings. The highest BCUT2D eigenvalue weighted by molar-refractivity contribution is 7.23. The molecule has 118 valence electrons. The van der Waals surface area contributed by atoms with Crippen molar-refractivity contribution in [3.8, 4) is 0 Å². The van der Waals surface area contributed by atoms with Gasteiger partial charge in [0.05, 0.1) is 10.2 Å². The minimum absolute atomic E-state index is 0.333. The highest BCUT2D eigenvalue weighted by atomic mass is 35.5. The Labute approximate surface area is 147 Å². The zero-order chi connectivity index (χ0) is 16.5. The minimum Gasteiger partial charge on any atom is -0.308 e. The van der Waals surface area contributed by atoms with Crippen LogP contribution in [0, 0.1) is 0 Å². The van der Waals surface area contributed by atoms with Crippen molar-refractivity contribution < 1.29 is 4.79 Å². The van der Waals surface area contributed by atoms with Crippen LogP contribution < -0.4 is 10.6 Å². The van der Waals surface area contributed by atoms with Gasteiger partial charge in [-0.1, -0.05) is 53.3 Å². The van der Waals surface area contributed by atoms with Gasteiger partial charge in [0, 0.05) is 16.1 Å². The highest BCUT2D eigenvalue weighted by Crippen LogP contribution is 2.32. The number of nitrogens with one attached hydrogen (secondary N) is 2. The van der Waals surface area contributed by atoms with Crippen molar-refractivity contribution in [2.45, 2.75) is 0 Å². The number of thiazole rings is 1. The van der Waals surface area contributed by atoms with Crippen molar-refractivity contribution in [3.63, 3.8) is 0 Å². The molecule has 2 amide bonds. The maximum Gasteiger partial charge on any atom is 0.325 e. The van der Waals surface area contributed by atoms with Crippen LogP contribution in [0.1, 0.15) is 0 Å². The summed E-state index contributed by atoms with van der Waals surface area (Å²) in [6.07, 6.45) is 0. The van der Waals surface area contributed by atoms with E-state index < -0.39 is 0 Å². The number of benzene rings is 3. The summed E-state index contributed by atoms with van der Waals surface area (Å²) in [4.78, 5) is 16.6. The molecular weight excluding hydrogens is 342 g/mol. The number of carbonyl (C=O) groups excluding carboxylic acids is 1. The lowest BCUT2D eigenvalue weighted by Crippen LogP contribution is -2.19. The fourth-order valence-electron chi connectivity index (χ4n) is 2.50. The molecule has 0 aliphatic carbocycles. The van der Waals surface area contributed by atoms with Crippen molar-refractivity contribution in [3.05, 3.63) is 65.7 Å². The molecule has 0 fully saturated rings. The summed E-state index contributed by atoms with van der Waals surface area (Å²) in [7, 11) is 0. The van der Waals surface area contributed by atoms with Crippen molar-refractivity contribution in [2.75, 3.05) is 10.6 Å². The monoisotopic (exact) mass is 353 g/mol. The van der Waals surface area contributed by atoms with Crippen LogP contribution in [-0.2, 0) is 0 Å². The summed E-state index contributed by atoms with van der Waals surface area (Å²) in [5.41, 5.74) is 1.55. The molecule has 2 N–H and O–H groups in total. The van der Waals surface area contributed by atoms with E-state index in [1.165, 1.54) is 11.3 Å². The molecule has 0 saturated carbocycles. The largest absolute Gasteiger partial charge is 0.325 e. The second kappa shape index (κ2) is 6.11. The number of hydrogen-bond donors (Lipinski definition) is 2. The molecule has 0 bridgehead atoms. The third-order valence-electron chi connectivity index (χ3n) is 3.60. The van der Waals surface area contributed by atoms with E-state index >= 15 is 0 Å². The molecule has 6 heteroatoms. The predicted molar refractivity (Wildman–Crippen MR) is 101 cm³/mol. The average molecular weight is 354 g/mol. The van der Waals surface area contributed by atoms with Gasteiger partial charge in [-0.2, -0.15) is 0 Å². The molecular formula is C18H12ClN3OS. The van der Waals surface area contributed by atoms with Gasteiger partial charge in [0.15, 0.2) is 5.13 Å². The number of urea groups is 1. The topological polar surface area (TPSA) is 54.0 Å². The molecule has 0 aliphatic heterocycles. The van der Waals surface area contributed by atoms with E-state index in [9.17, 15) is 4.79 Å². The number of amides is 2. The van der Waals surface area contributed by atoms with Crippen LogP contribution in [0.15, 0.2) is 60.7 Å². The number of aromatic nitrogens is 1. The molecule has 0 spiro atoms. The molecule has 0 atom stereocenters. The van der Waals surface area contributed by atoms with Crippen LogP contribution in [0.3, 0.4) is 0 Å². The second-order valence-electron chi connectivity index (χ2n) is 5.24. The quantitative estimate of drug-likeness (QED) is 0.482. The summed E-state index contributed by atoms with van der Waals surface area (Å²) >= 11 is 7.30. The van der Waals surface area contributed by atoms with Gasteiger partial charge in [0.2, 0.25) is 0 Å². The lowest BCUT2D eigenvalue weighted by Gasteiger charge is -2.04. The van der Waals surface area contributed by atoms with Crippen LogP contribution in [0.25, 0.3) is 21.0 Å². The molecule has 0 unspecified atom stereocenters. The lowest BCUT2D eigenvalue weighted by molar-refractivity contribution is 0.262. The van der Waals surface area contributed by atoms with Crippen molar-refractivity contribution in [1.29, 1.82) is 0 Å². The van der Waals surface area contributed by atoms with E-state index in [-0.39, 0.29) is 6.03 Å². The number of nitrogens with zero attached hydrogens (tertiary/aromatic N) is 1. The van der Waals surface area contributed by atoms with Gasteiger partial charge in [0.25, 0.3) is 0 Å². The Morgan fingerprint density at radius 3 is 2.58 bits per heavy atom. The first-order chi connectivity index (χ1) is 11.7. The van der Waals surface area contributed by atoms with Gasteiger partial charge in [-0.3, -0.25) is 5.32 Å². The van der Waals surface area contributed by atoms with E-state index in [0.29, 0.717) is 15.8 Å². The van der Waals surface area contributed by atoms with Gasteiger partial charge >= 0.3 is 6.03 Å². The van der Waals surface area contributed by atoms with Crippen LogP contribution in [0.2, 0.25) is 5.02 Å². The third kappa shape index (κ3) is 2.91. The smallest absolute Gasteiger partial charge is 0.308 e. The Balaban J connectivity index is 1.59. The van der Waals surface area contributed by atoms with Gasteiger partial charge < -0.3 is 5.32 Å². The van der Waals surface area contributed by atoms with Crippen LogP contribution in [-0.4, -0.2) is 11.0 Å². The van der Waals surface area contributed by atoms with Crippen molar-refractivity contribution in [2.24, 2.45) is 0 Å². The Hall–Kier alpha value is -2.63. The van der Waals surface area contributed by atoms with Gasteiger partial charge in [-0.25, -0.2) is 9.78 Å². The lowest BCUT2D eigenvalue weighted by atomic mass is 10.1. The fourth-order valence-corrected chi connectivity index (χ4v) is 3.62. The first-order valence-electron chi connectivity index (χ1n) is 7.31. The van der Waals surface area contributed by atoms with Crippen LogP contribution >= 0.6 is 22.9 Å². The van der Waals surface area contributed by atoms with Crippen LogP contribution in [0.4, 0.5) is 15.6 Å². The SMILES string of the molecule is O=C(Nc1ccc(Cl)cc1)Nc1nc2ccc3ccccc3c2s1. The van der Waals surface area contributed by atoms with E-state index in [4.69, 9.17) is 11.6 Å². The Kier molecular flexibility index (Phi) is 3.80. The summed E-state index contributed by atoms with van der Waals surface area (Å²) < 4.78 is 1.06. The van der Waals surface area contributed by atoms with Gasteiger partial charge in [-0.05, 0) is 35.7 Å². The Morgan fingerprint density at radius 1 is 0.958 bits per heavy atom. The first-order valence-corrected chi connectivity index (χ1v) is 8.50. The molecule has 24 heavy (non-hydrogen) atoms. The Morgan fingerprint density at radius 2 is 1.75 bits per heavy atom. The number of rotatable bonds is 2. The predicted octanol–water partition coefficient (Wildman–Crippen LogP) is 5.75. The molecule has 0 radical (unpaired) electrons. The summed E-state index contributed by atoms with van der Waals surface area (Å²) in [5.74, 6) is 0. The van der Waals surface area contributed by atoms with E-state index in [1.807, 2.05) is 24.3 Å². The molecule has 1 heterocycles. The average Bonchev–Trinajstić information content (AvgIpc) is 2.99. The van der Waals surface area contributed by atoms with E-state index in [2.05, 4.69) is 27.8 Å². The molecule has 4 nitrogen and oxygen atoms in total. The zero-order valence-electron chi connectivity index (χ0n) is 12.4. The first kappa shape index (κ1) is 14.9. The van der Waals surface area contributed by atoms with Crippen molar-refractivity contribution in [1.82, 2.24) is 4.98 Å². The van der Waals surface area contributed by atoms with Crippen molar-refractivity contribution >= 4 is 60.8 Å². The van der Waals surface area contributed by atoms with E-state index in [1.54, 1.807) is 24.3 Å². The van der Waals surface area contributed by atoms with Gasteiger partial charge in [-0.15, -0.1) is 0 Å². The normalized spacial score (nSPS) is 10.9. The number of anilines is 2. The molecule has 0 saturated heterocycles.